The predicted molar refractivity (Wildman–Crippen MR) is 86.3 cm³/mol. The highest BCUT2D eigenvalue weighted by molar-refractivity contribution is 5.67. The summed E-state index contributed by atoms with van der Waals surface area (Å²) >= 11 is 0. The second kappa shape index (κ2) is 10.0. The number of aliphatic hydroxyl groups is 1. The molecule has 21 heavy (non-hydrogen) atoms. The van der Waals surface area contributed by atoms with Gasteiger partial charge in [0.1, 0.15) is 5.60 Å². The van der Waals surface area contributed by atoms with E-state index in [-0.39, 0.29) is 12.7 Å². The van der Waals surface area contributed by atoms with Gasteiger partial charge in [0.05, 0.1) is 0 Å². The number of hydrogen-bond donors (Lipinski definition) is 3. The third-order valence-electron chi connectivity index (χ3n) is 3.49. The number of amides is 1. The van der Waals surface area contributed by atoms with Crippen molar-refractivity contribution in [3.8, 4) is 0 Å². The second-order valence-electron chi connectivity index (χ2n) is 6.91. The number of carbonyl (C=O) groups is 1. The van der Waals surface area contributed by atoms with E-state index in [0.29, 0.717) is 24.4 Å². The van der Waals surface area contributed by atoms with Crippen LogP contribution in [0.3, 0.4) is 0 Å². The third kappa shape index (κ3) is 10.5. The number of ether oxygens (including phenoxy) is 1. The Balaban J connectivity index is 4.22. The first kappa shape index (κ1) is 20.2. The summed E-state index contributed by atoms with van der Waals surface area (Å²) in [6.07, 6.45) is 1.39. The Kier molecular flexibility index (Phi) is 9.62. The fraction of sp³-hybridized carbons (Fsp3) is 0.938. The molecule has 3 N–H and O–H groups in total. The SMILES string of the molecule is CCC(CCO)NCC(CNC(=O)OC(C)(C)C)C(C)C. The van der Waals surface area contributed by atoms with Crippen LogP contribution < -0.4 is 10.6 Å². The van der Waals surface area contributed by atoms with Gasteiger partial charge in [0.15, 0.2) is 0 Å². The molecule has 5 nitrogen and oxygen atoms in total. The predicted octanol–water partition coefficient (Wildman–Crippen LogP) is 2.53. The number of rotatable bonds is 9. The van der Waals surface area contributed by atoms with Crippen LogP contribution in [0.15, 0.2) is 0 Å². The summed E-state index contributed by atoms with van der Waals surface area (Å²) < 4.78 is 5.25. The van der Waals surface area contributed by atoms with Gasteiger partial charge in [-0.2, -0.15) is 0 Å². The average Bonchev–Trinajstić information content (AvgIpc) is 2.34. The van der Waals surface area contributed by atoms with Crippen LogP contribution in [0.1, 0.15) is 54.4 Å². The molecule has 0 aromatic carbocycles. The molecule has 2 unspecified atom stereocenters. The maximum absolute atomic E-state index is 11.7. The molecule has 2 atom stereocenters. The first-order chi connectivity index (χ1) is 9.69. The lowest BCUT2D eigenvalue weighted by atomic mass is 9.95. The maximum atomic E-state index is 11.7. The first-order valence-corrected chi connectivity index (χ1v) is 8.00. The highest BCUT2D eigenvalue weighted by atomic mass is 16.6. The summed E-state index contributed by atoms with van der Waals surface area (Å²) in [4.78, 5) is 11.7. The van der Waals surface area contributed by atoms with Gasteiger partial charge in [-0.3, -0.25) is 0 Å². The number of carbonyl (C=O) groups excluding carboxylic acids is 1. The second-order valence-corrected chi connectivity index (χ2v) is 6.91. The Hall–Kier alpha value is -0.810. The van der Waals surface area contributed by atoms with Crippen molar-refractivity contribution >= 4 is 6.09 Å². The maximum Gasteiger partial charge on any atom is 0.407 e. The molecule has 0 aliphatic rings. The van der Waals surface area contributed by atoms with Crippen LogP contribution in [-0.4, -0.2) is 42.5 Å². The van der Waals surface area contributed by atoms with E-state index in [1.807, 2.05) is 20.8 Å². The van der Waals surface area contributed by atoms with E-state index in [1.54, 1.807) is 0 Å². The zero-order valence-electron chi connectivity index (χ0n) is 14.5. The van der Waals surface area contributed by atoms with E-state index in [2.05, 4.69) is 31.4 Å². The fourth-order valence-electron chi connectivity index (χ4n) is 2.00. The molecule has 1 amide bonds. The lowest BCUT2D eigenvalue weighted by molar-refractivity contribution is 0.0514. The average molecular weight is 302 g/mol. The van der Waals surface area contributed by atoms with E-state index in [0.717, 1.165) is 19.4 Å². The van der Waals surface area contributed by atoms with Crippen molar-refractivity contribution in [2.75, 3.05) is 19.7 Å². The monoisotopic (exact) mass is 302 g/mol. The van der Waals surface area contributed by atoms with Crippen LogP contribution in [0.25, 0.3) is 0 Å². The summed E-state index contributed by atoms with van der Waals surface area (Å²) in [6, 6.07) is 0.331. The van der Waals surface area contributed by atoms with Crippen molar-refractivity contribution in [1.82, 2.24) is 10.6 Å². The van der Waals surface area contributed by atoms with Crippen LogP contribution in [0.4, 0.5) is 4.79 Å². The standard InChI is InChI=1S/C16H34N2O3/c1-7-14(8-9-19)17-10-13(12(2)3)11-18-15(20)21-16(4,5)6/h12-14,17,19H,7-11H2,1-6H3,(H,18,20). The summed E-state index contributed by atoms with van der Waals surface area (Å²) in [5, 5.41) is 15.3. The van der Waals surface area contributed by atoms with Crippen LogP contribution in [0, 0.1) is 11.8 Å². The zero-order chi connectivity index (χ0) is 16.5. The minimum absolute atomic E-state index is 0.202. The molecule has 0 aliphatic carbocycles. The molecular formula is C16H34N2O3. The number of hydrogen-bond acceptors (Lipinski definition) is 4. The molecule has 0 aliphatic heterocycles. The van der Waals surface area contributed by atoms with Crippen molar-refractivity contribution in [3.05, 3.63) is 0 Å². The largest absolute Gasteiger partial charge is 0.444 e. The number of aliphatic hydroxyl groups excluding tert-OH is 1. The Morgan fingerprint density at radius 2 is 1.86 bits per heavy atom. The topological polar surface area (TPSA) is 70.6 Å². The van der Waals surface area contributed by atoms with Gasteiger partial charge in [0.25, 0.3) is 0 Å². The van der Waals surface area contributed by atoms with Gasteiger partial charge < -0.3 is 20.5 Å². The molecule has 0 radical (unpaired) electrons. The Bertz CT molecular complexity index is 288. The van der Waals surface area contributed by atoms with Gasteiger partial charge >= 0.3 is 6.09 Å². The van der Waals surface area contributed by atoms with Gasteiger partial charge in [-0.15, -0.1) is 0 Å². The molecule has 0 aromatic heterocycles. The van der Waals surface area contributed by atoms with Gasteiger partial charge in [-0.25, -0.2) is 4.79 Å². The molecule has 0 bridgehead atoms. The molecule has 0 heterocycles. The molecule has 0 fully saturated rings. The minimum Gasteiger partial charge on any atom is -0.444 e. The summed E-state index contributed by atoms with van der Waals surface area (Å²) in [5.74, 6) is 0.796. The molecule has 0 saturated heterocycles. The summed E-state index contributed by atoms with van der Waals surface area (Å²) in [5.41, 5.74) is -0.468. The van der Waals surface area contributed by atoms with Crippen LogP contribution in [0.2, 0.25) is 0 Å². The van der Waals surface area contributed by atoms with Crippen LogP contribution in [-0.2, 0) is 4.74 Å². The van der Waals surface area contributed by atoms with Crippen LogP contribution >= 0.6 is 0 Å². The molecule has 0 aromatic rings. The van der Waals surface area contributed by atoms with Crippen LogP contribution in [0.5, 0.6) is 0 Å². The highest BCUT2D eigenvalue weighted by Crippen LogP contribution is 2.11. The third-order valence-corrected chi connectivity index (χ3v) is 3.49. The Labute approximate surface area is 129 Å². The number of nitrogens with one attached hydrogen (secondary N) is 2. The smallest absolute Gasteiger partial charge is 0.407 e. The van der Waals surface area contributed by atoms with E-state index in [9.17, 15) is 4.79 Å². The first-order valence-electron chi connectivity index (χ1n) is 8.00. The summed E-state index contributed by atoms with van der Waals surface area (Å²) in [6.45, 7) is 13.6. The van der Waals surface area contributed by atoms with Crippen molar-refractivity contribution in [1.29, 1.82) is 0 Å². The normalized spacial score (nSPS) is 14.9. The summed E-state index contributed by atoms with van der Waals surface area (Å²) in [7, 11) is 0. The van der Waals surface area contributed by atoms with Gasteiger partial charge in [-0.05, 0) is 45.4 Å². The van der Waals surface area contributed by atoms with Crippen molar-refractivity contribution < 1.29 is 14.6 Å². The zero-order valence-corrected chi connectivity index (χ0v) is 14.5. The Morgan fingerprint density at radius 1 is 1.24 bits per heavy atom. The molecule has 0 spiro atoms. The molecule has 126 valence electrons. The lowest BCUT2D eigenvalue weighted by Gasteiger charge is -2.26. The molecular weight excluding hydrogens is 268 g/mol. The van der Waals surface area contributed by atoms with Gasteiger partial charge in [0.2, 0.25) is 0 Å². The fourth-order valence-corrected chi connectivity index (χ4v) is 2.00. The molecule has 0 saturated carbocycles. The lowest BCUT2D eigenvalue weighted by Crippen LogP contribution is -2.42. The van der Waals surface area contributed by atoms with Crippen molar-refractivity contribution in [2.24, 2.45) is 11.8 Å². The minimum atomic E-state index is -0.468. The molecule has 5 heteroatoms. The van der Waals surface area contributed by atoms with E-state index >= 15 is 0 Å². The highest BCUT2D eigenvalue weighted by Gasteiger charge is 2.19. The van der Waals surface area contributed by atoms with E-state index in [1.165, 1.54) is 0 Å². The van der Waals surface area contributed by atoms with E-state index in [4.69, 9.17) is 9.84 Å². The molecule has 0 rings (SSSR count). The Morgan fingerprint density at radius 3 is 2.29 bits per heavy atom. The van der Waals surface area contributed by atoms with Crippen molar-refractivity contribution in [2.45, 2.75) is 66.0 Å². The van der Waals surface area contributed by atoms with Gasteiger partial charge in [-0.1, -0.05) is 20.8 Å². The van der Waals surface area contributed by atoms with Gasteiger partial charge in [0, 0.05) is 25.7 Å². The van der Waals surface area contributed by atoms with Crippen molar-refractivity contribution in [3.63, 3.8) is 0 Å². The van der Waals surface area contributed by atoms with E-state index < -0.39 is 5.60 Å². The quantitative estimate of drug-likeness (QED) is 0.612. The number of alkyl carbamates (subject to hydrolysis) is 1.